The number of hydrogen-bond donors (Lipinski definition) is 1. The summed E-state index contributed by atoms with van der Waals surface area (Å²) in [6.07, 6.45) is 3.63. The van der Waals surface area contributed by atoms with E-state index in [0.717, 1.165) is 52.2 Å². The van der Waals surface area contributed by atoms with Crippen LogP contribution in [0.5, 0.6) is 0 Å². The number of carbonyl (C=O) groups is 1. The third-order valence-electron chi connectivity index (χ3n) is 5.98. The Labute approximate surface area is 184 Å². The fourth-order valence-electron chi connectivity index (χ4n) is 4.04. The molecule has 2 fully saturated rings. The summed E-state index contributed by atoms with van der Waals surface area (Å²) in [5.41, 5.74) is 2.90. The van der Waals surface area contributed by atoms with Gasteiger partial charge < -0.3 is 19.4 Å². The number of anilines is 1. The van der Waals surface area contributed by atoms with Gasteiger partial charge in [0.25, 0.3) is 5.91 Å². The van der Waals surface area contributed by atoms with Gasteiger partial charge in [-0.3, -0.25) is 14.6 Å². The van der Waals surface area contributed by atoms with E-state index in [1.165, 1.54) is 17.5 Å². The lowest BCUT2D eigenvalue weighted by molar-refractivity contribution is 0.0853. The zero-order valence-electron chi connectivity index (χ0n) is 18.5. The predicted octanol–water partition coefficient (Wildman–Crippen LogP) is 1.97. The van der Waals surface area contributed by atoms with Crippen molar-refractivity contribution in [1.82, 2.24) is 20.1 Å². The van der Waals surface area contributed by atoms with E-state index in [2.05, 4.69) is 63.4 Å². The van der Waals surface area contributed by atoms with Crippen molar-refractivity contribution in [3.8, 4) is 0 Å². The molecule has 3 heterocycles. The van der Waals surface area contributed by atoms with E-state index in [1.807, 2.05) is 0 Å². The van der Waals surface area contributed by atoms with Crippen LogP contribution < -0.4 is 10.2 Å². The number of rotatable bonds is 8. The highest BCUT2D eigenvalue weighted by atomic mass is 16.5. The summed E-state index contributed by atoms with van der Waals surface area (Å²) in [4.78, 5) is 23.6. The van der Waals surface area contributed by atoms with Gasteiger partial charge in [0, 0.05) is 65.7 Å². The highest BCUT2D eigenvalue weighted by Gasteiger charge is 2.21. The summed E-state index contributed by atoms with van der Waals surface area (Å²) >= 11 is 0. The molecule has 0 spiro atoms. The first kappa shape index (κ1) is 21.8. The largest absolute Gasteiger partial charge is 0.447 e. The van der Waals surface area contributed by atoms with Crippen LogP contribution in [0.25, 0.3) is 0 Å². The van der Waals surface area contributed by atoms with Crippen molar-refractivity contribution in [3.63, 3.8) is 0 Å². The molecule has 2 aliphatic heterocycles. The third kappa shape index (κ3) is 6.06. The number of piperazine rings is 1. The second kappa shape index (κ2) is 10.3. The minimum atomic E-state index is -0.199. The Balaban J connectivity index is 1.19. The molecular weight excluding hydrogens is 394 g/mol. The second-order valence-electron chi connectivity index (χ2n) is 8.58. The molecule has 8 heteroatoms. The molecule has 2 aromatic rings. The van der Waals surface area contributed by atoms with Crippen molar-refractivity contribution in [2.24, 2.45) is 0 Å². The van der Waals surface area contributed by atoms with Gasteiger partial charge in [0.05, 0.1) is 12.6 Å². The van der Waals surface area contributed by atoms with E-state index in [-0.39, 0.29) is 12.0 Å². The van der Waals surface area contributed by atoms with E-state index < -0.39 is 0 Å². The fraction of sp³-hybridized carbons (Fsp3) is 0.565. The molecule has 168 valence electrons. The van der Waals surface area contributed by atoms with Gasteiger partial charge in [-0.25, -0.2) is 4.98 Å². The maximum absolute atomic E-state index is 12.3. The minimum Gasteiger partial charge on any atom is -0.447 e. The van der Waals surface area contributed by atoms with E-state index in [1.54, 1.807) is 0 Å². The molecule has 8 nitrogen and oxygen atoms in total. The van der Waals surface area contributed by atoms with Crippen LogP contribution in [0.15, 0.2) is 34.9 Å². The number of nitrogens with one attached hydrogen (secondary N) is 1. The molecule has 1 amide bonds. The van der Waals surface area contributed by atoms with E-state index in [0.29, 0.717) is 24.7 Å². The van der Waals surface area contributed by atoms with Gasteiger partial charge in [-0.2, -0.15) is 0 Å². The summed E-state index contributed by atoms with van der Waals surface area (Å²) in [6, 6.07) is 8.76. The monoisotopic (exact) mass is 427 g/mol. The molecule has 1 atom stereocenters. The molecule has 0 bridgehead atoms. The molecule has 0 radical (unpaired) electrons. The van der Waals surface area contributed by atoms with Crippen LogP contribution in [0.1, 0.15) is 34.8 Å². The van der Waals surface area contributed by atoms with Gasteiger partial charge in [-0.05, 0) is 30.5 Å². The molecule has 2 aliphatic rings. The number of oxazole rings is 1. The number of aromatic nitrogens is 1. The maximum atomic E-state index is 12.3. The zero-order chi connectivity index (χ0) is 21.6. The van der Waals surface area contributed by atoms with Crippen molar-refractivity contribution >= 4 is 11.6 Å². The Kier molecular flexibility index (Phi) is 7.21. The molecule has 1 N–H and O–H groups in total. The number of hydrogen-bond acceptors (Lipinski definition) is 7. The molecule has 1 unspecified atom stereocenters. The lowest BCUT2D eigenvalue weighted by Gasteiger charge is -2.34. The quantitative estimate of drug-likeness (QED) is 0.690. The number of ether oxygens (including phenoxy) is 1. The van der Waals surface area contributed by atoms with Gasteiger partial charge in [-0.15, -0.1) is 0 Å². The lowest BCUT2D eigenvalue weighted by atomic mass is 10.1. The SMILES string of the molecule is CN(C)c1ccc(CN2CCN(Cc3nc(C(=O)NCC4CCCO4)co3)CC2)cc1. The van der Waals surface area contributed by atoms with Crippen LogP contribution in [0.2, 0.25) is 0 Å². The van der Waals surface area contributed by atoms with E-state index in [4.69, 9.17) is 9.15 Å². The zero-order valence-corrected chi connectivity index (χ0v) is 18.5. The second-order valence-corrected chi connectivity index (χ2v) is 8.58. The van der Waals surface area contributed by atoms with Crippen molar-refractivity contribution in [3.05, 3.63) is 47.7 Å². The molecule has 31 heavy (non-hydrogen) atoms. The van der Waals surface area contributed by atoms with Crippen molar-refractivity contribution in [1.29, 1.82) is 0 Å². The predicted molar refractivity (Wildman–Crippen MR) is 119 cm³/mol. The van der Waals surface area contributed by atoms with Gasteiger partial charge in [0.1, 0.15) is 6.26 Å². The van der Waals surface area contributed by atoms with Crippen LogP contribution in [0.3, 0.4) is 0 Å². The van der Waals surface area contributed by atoms with E-state index >= 15 is 0 Å². The summed E-state index contributed by atoms with van der Waals surface area (Å²) in [6.45, 7) is 6.83. The van der Waals surface area contributed by atoms with Gasteiger partial charge in [0.15, 0.2) is 5.69 Å². The van der Waals surface area contributed by atoms with Crippen molar-refractivity contribution in [2.45, 2.75) is 32.0 Å². The van der Waals surface area contributed by atoms with Gasteiger partial charge in [-0.1, -0.05) is 12.1 Å². The molecule has 0 saturated carbocycles. The van der Waals surface area contributed by atoms with Crippen LogP contribution in [-0.2, 0) is 17.8 Å². The lowest BCUT2D eigenvalue weighted by Crippen LogP contribution is -2.45. The third-order valence-corrected chi connectivity index (χ3v) is 5.98. The fourth-order valence-corrected chi connectivity index (χ4v) is 4.04. The molecule has 0 aliphatic carbocycles. The van der Waals surface area contributed by atoms with Gasteiger partial charge in [0.2, 0.25) is 5.89 Å². The Bertz CT molecular complexity index is 837. The first-order valence-corrected chi connectivity index (χ1v) is 11.1. The first-order valence-electron chi connectivity index (χ1n) is 11.1. The Morgan fingerprint density at radius 3 is 2.48 bits per heavy atom. The summed E-state index contributed by atoms with van der Waals surface area (Å²) in [5, 5.41) is 2.89. The normalized spacial score (nSPS) is 20.1. The summed E-state index contributed by atoms with van der Waals surface area (Å²) in [5.74, 6) is 0.394. The molecular formula is C23H33N5O3. The number of nitrogens with zero attached hydrogens (tertiary/aromatic N) is 4. The number of benzene rings is 1. The molecule has 2 saturated heterocycles. The van der Waals surface area contributed by atoms with Crippen LogP contribution in [0.4, 0.5) is 5.69 Å². The summed E-state index contributed by atoms with van der Waals surface area (Å²) < 4.78 is 11.1. The van der Waals surface area contributed by atoms with E-state index in [9.17, 15) is 4.79 Å². The van der Waals surface area contributed by atoms with Crippen LogP contribution >= 0.6 is 0 Å². The van der Waals surface area contributed by atoms with Crippen LogP contribution in [-0.4, -0.2) is 80.2 Å². The first-order chi connectivity index (χ1) is 15.1. The highest BCUT2D eigenvalue weighted by Crippen LogP contribution is 2.16. The average Bonchev–Trinajstić information content (AvgIpc) is 3.46. The average molecular weight is 428 g/mol. The topological polar surface area (TPSA) is 74.1 Å². The number of amides is 1. The maximum Gasteiger partial charge on any atom is 0.273 e. The standard InChI is InChI=1S/C23H33N5O3/c1-26(2)19-7-5-18(6-8-19)15-27-9-11-28(12-10-27)16-22-25-21(17-31-22)23(29)24-14-20-4-3-13-30-20/h5-8,17,20H,3-4,9-16H2,1-2H3,(H,24,29). The van der Waals surface area contributed by atoms with Crippen molar-refractivity contribution in [2.75, 3.05) is 58.3 Å². The molecule has 1 aromatic heterocycles. The highest BCUT2D eigenvalue weighted by molar-refractivity contribution is 5.91. The van der Waals surface area contributed by atoms with Gasteiger partial charge >= 0.3 is 0 Å². The molecule has 1 aromatic carbocycles. The smallest absolute Gasteiger partial charge is 0.273 e. The summed E-state index contributed by atoms with van der Waals surface area (Å²) in [7, 11) is 4.12. The Morgan fingerprint density at radius 2 is 1.84 bits per heavy atom. The Hall–Kier alpha value is -2.42. The van der Waals surface area contributed by atoms with Crippen molar-refractivity contribution < 1.29 is 13.9 Å². The Morgan fingerprint density at radius 1 is 1.13 bits per heavy atom. The minimum absolute atomic E-state index is 0.123. The number of carbonyl (C=O) groups excluding carboxylic acids is 1. The molecule has 4 rings (SSSR count). The van der Waals surface area contributed by atoms with Crippen LogP contribution in [0, 0.1) is 0 Å².